The summed E-state index contributed by atoms with van der Waals surface area (Å²) in [7, 11) is -2.14. The molecule has 2 rings (SSSR count). The van der Waals surface area contributed by atoms with Gasteiger partial charge in [-0.05, 0) is 19.8 Å². The van der Waals surface area contributed by atoms with Crippen LogP contribution in [0.5, 0.6) is 0 Å². The third kappa shape index (κ3) is 3.41. The van der Waals surface area contributed by atoms with Crippen LogP contribution in [0.4, 0.5) is 4.39 Å². The molecule has 122 valence electrons. The van der Waals surface area contributed by atoms with Crippen LogP contribution in [-0.4, -0.2) is 29.4 Å². The number of amides is 1. The van der Waals surface area contributed by atoms with E-state index in [-0.39, 0.29) is 8.55 Å². The molecule has 0 atom stereocenters. The molecule has 1 amide bonds. The highest BCUT2D eigenvalue weighted by molar-refractivity contribution is 7.90. The monoisotopic (exact) mass is 322 g/mol. The molecular formula is C12H23FN4O3S. The molecule has 1 aromatic rings. The van der Waals surface area contributed by atoms with E-state index in [0.29, 0.717) is 12.8 Å². The molecule has 2 N–H and O–H groups in total. The Morgan fingerprint density at radius 1 is 1.38 bits per heavy atom. The van der Waals surface area contributed by atoms with E-state index in [0.717, 1.165) is 19.3 Å². The number of aromatic nitrogens is 2. The Morgan fingerprint density at radius 2 is 2.00 bits per heavy atom. The Kier molecular flexibility index (Phi) is 4.62. The molecule has 1 heterocycles. The van der Waals surface area contributed by atoms with Gasteiger partial charge in [0.15, 0.2) is 11.5 Å². The van der Waals surface area contributed by atoms with E-state index in [1.807, 2.05) is 10.3 Å². The molecule has 1 fully saturated rings. The van der Waals surface area contributed by atoms with Crippen molar-refractivity contribution in [2.45, 2.75) is 44.3 Å². The van der Waals surface area contributed by atoms with Crippen molar-refractivity contribution in [1.29, 1.82) is 0 Å². The molecule has 21 heavy (non-hydrogen) atoms. The van der Waals surface area contributed by atoms with E-state index in [2.05, 4.69) is 5.10 Å². The van der Waals surface area contributed by atoms with Gasteiger partial charge in [0.1, 0.15) is 0 Å². The maximum absolute atomic E-state index is 13.7. The van der Waals surface area contributed by atoms with Gasteiger partial charge in [-0.1, -0.05) is 19.3 Å². The Morgan fingerprint density at radius 3 is 2.52 bits per heavy atom. The molecular weight excluding hydrogens is 299 g/mol. The molecule has 0 bridgehead atoms. The van der Waals surface area contributed by atoms with Gasteiger partial charge in [0.05, 0.1) is 10.9 Å². The summed E-state index contributed by atoms with van der Waals surface area (Å²) in [5.41, 5.74) is 1.80. The Labute approximate surface area is 125 Å². The smallest absolute Gasteiger partial charge is 0.272 e. The van der Waals surface area contributed by atoms with E-state index in [1.54, 1.807) is 0 Å². The first-order valence-electron chi connectivity index (χ1n) is 6.83. The van der Waals surface area contributed by atoms with Gasteiger partial charge in [-0.25, -0.2) is 12.8 Å². The minimum atomic E-state index is -3.64. The van der Waals surface area contributed by atoms with E-state index in [4.69, 9.17) is 0 Å². The first-order chi connectivity index (χ1) is 9.83. The number of rotatable bonds is 4. The standard InChI is InChI=1S/C12H19FN4O3S.2H2/c1-8-10(13)11(15-17(8)2)12(18)14-16-21(19,20)9-6-4-3-5-7-9;;/h9,16H,3-7H2,1-2H3,(H,14,18);2*1H. The average molecular weight is 322 g/mol. The number of nitrogens with one attached hydrogen (secondary N) is 2. The Bertz CT molecular complexity index is 645. The van der Waals surface area contributed by atoms with Crippen LogP contribution in [0.1, 0.15) is 51.1 Å². The molecule has 0 unspecified atom stereocenters. The maximum atomic E-state index is 13.7. The zero-order valence-electron chi connectivity index (χ0n) is 12.0. The molecule has 7 nitrogen and oxygen atoms in total. The summed E-state index contributed by atoms with van der Waals surface area (Å²) in [5.74, 6) is -1.66. The van der Waals surface area contributed by atoms with Crippen molar-refractivity contribution in [3.63, 3.8) is 0 Å². The number of carbonyl (C=O) groups is 1. The molecule has 0 spiro atoms. The topological polar surface area (TPSA) is 93.1 Å². The van der Waals surface area contributed by atoms with Crippen LogP contribution >= 0.6 is 0 Å². The summed E-state index contributed by atoms with van der Waals surface area (Å²) in [4.78, 5) is 13.8. The van der Waals surface area contributed by atoms with Gasteiger partial charge >= 0.3 is 0 Å². The van der Waals surface area contributed by atoms with Crippen LogP contribution in [0, 0.1) is 12.7 Å². The SMILES string of the molecule is Cc1c(F)c(C(=O)NNS(=O)(=O)C2CCCCC2)nn1C.[HH].[HH]. The lowest BCUT2D eigenvalue weighted by atomic mass is 10.0. The van der Waals surface area contributed by atoms with Gasteiger partial charge in [-0.15, -0.1) is 4.83 Å². The normalized spacial score (nSPS) is 16.9. The van der Waals surface area contributed by atoms with Crippen molar-refractivity contribution in [2.24, 2.45) is 7.05 Å². The van der Waals surface area contributed by atoms with Crippen molar-refractivity contribution in [3.05, 3.63) is 17.2 Å². The van der Waals surface area contributed by atoms with Crippen molar-refractivity contribution < 1.29 is 20.5 Å². The number of carbonyl (C=O) groups excluding carboxylic acids is 1. The van der Waals surface area contributed by atoms with Crippen LogP contribution in [0.15, 0.2) is 0 Å². The third-order valence-corrected chi connectivity index (χ3v) is 5.51. The number of hydrogen-bond donors (Lipinski definition) is 2. The minimum absolute atomic E-state index is 0. The fourth-order valence-electron chi connectivity index (χ4n) is 2.36. The molecule has 1 aliphatic carbocycles. The van der Waals surface area contributed by atoms with Crippen molar-refractivity contribution >= 4 is 15.9 Å². The van der Waals surface area contributed by atoms with Crippen LogP contribution in [0.25, 0.3) is 0 Å². The van der Waals surface area contributed by atoms with Gasteiger partial charge in [-0.3, -0.25) is 14.9 Å². The zero-order valence-corrected chi connectivity index (χ0v) is 12.8. The van der Waals surface area contributed by atoms with Crippen LogP contribution in [0.3, 0.4) is 0 Å². The van der Waals surface area contributed by atoms with Crippen molar-refractivity contribution in [1.82, 2.24) is 20.0 Å². The Hall–Kier alpha value is -1.48. The maximum Gasteiger partial charge on any atom is 0.289 e. The molecule has 0 aromatic carbocycles. The number of sulfonamides is 1. The quantitative estimate of drug-likeness (QED) is 0.816. The van der Waals surface area contributed by atoms with Crippen LogP contribution in [0.2, 0.25) is 0 Å². The van der Waals surface area contributed by atoms with E-state index < -0.39 is 32.7 Å². The molecule has 1 aliphatic rings. The number of aryl methyl sites for hydroxylation is 1. The largest absolute Gasteiger partial charge is 0.289 e. The predicted octanol–water partition coefficient (Wildman–Crippen LogP) is 1.26. The molecule has 0 radical (unpaired) electrons. The molecule has 1 saturated carbocycles. The first-order valence-corrected chi connectivity index (χ1v) is 8.37. The molecule has 1 aromatic heterocycles. The highest BCUT2D eigenvalue weighted by Crippen LogP contribution is 2.22. The van der Waals surface area contributed by atoms with Gasteiger partial charge in [0.25, 0.3) is 5.91 Å². The summed E-state index contributed by atoms with van der Waals surface area (Å²) in [6.07, 6.45) is 3.88. The highest BCUT2D eigenvalue weighted by atomic mass is 32.2. The number of halogens is 1. The summed E-state index contributed by atoms with van der Waals surface area (Å²) in [6, 6.07) is 0. The van der Waals surface area contributed by atoms with Gasteiger partial charge in [0.2, 0.25) is 10.0 Å². The second-order valence-electron chi connectivity index (χ2n) is 5.23. The fourth-order valence-corrected chi connectivity index (χ4v) is 3.72. The number of hydrogen-bond acceptors (Lipinski definition) is 4. The lowest BCUT2D eigenvalue weighted by Crippen LogP contribution is -2.46. The van der Waals surface area contributed by atoms with Gasteiger partial charge < -0.3 is 0 Å². The molecule has 0 aliphatic heterocycles. The van der Waals surface area contributed by atoms with E-state index in [1.165, 1.54) is 18.7 Å². The number of nitrogens with zero attached hydrogens (tertiary/aromatic N) is 2. The van der Waals surface area contributed by atoms with Crippen LogP contribution in [-0.2, 0) is 17.1 Å². The molecule has 9 heteroatoms. The van der Waals surface area contributed by atoms with Gasteiger partial charge in [0, 0.05) is 9.90 Å². The van der Waals surface area contributed by atoms with Crippen molar-refractivity contribution in [2.75, 3.05) is 0 Å². The highest BCUT2D eigenvalue weighted by Gasteiger charge is 2.28. The first kappa shape index (κ1) is 15.9. The summed E-state index contributed by atoms with van der Waals surface area (Å²) < 4.78 is 39.0. The molecule has 0 saturated heterocycles. The van der Waals surface area contributed by atoms with Crippen LogP contribution < -0.4 is 10.3 Å². The third-order valence-electron chi connectivity index (χ3n) is 3.77. The minimum Gasteiger partial charge on any atom is -0.272 e. The summed E-state index contributed by atoms with van der Waals surface area (Å²) >= 11 is 0. The van der Waals surface area contributed by atoms with E-state index >= 15 is 0 Å². The van der Waals surface area contributed by atoms with Crippen molar-refractivity contribution in [3.8, 4) is 0 Å². The second-order valence-corrected chi connectivity index (χ2v) is 7.19. The van der Waals surface area contributed by atoms with Gasteiger partial charge in [-0.2, -0.15) is 5.10 Å². The summed E-state index contributed by atoms with van der Waals surface area (Å²) in [6.45, 7) is 1.48. The summed E-state index contributed by atoms with van der Waals surface area (Å²) in [5, 5.41) is 3.21. The lowest BCUT2D eigenvalue weighted by Gasteiger charge is -2.21. The predicted molar refractivity (Wildman–Crippen MR) is 78.5 cm³/mol. The fraction of sp³-hybridized carbons (Fsp3) is 0.667. The Balaban J connectivity index is 0.00000242. The lowest BCUT2D eigenvalue weighted by molar-refractivity contribution is 0.0935. The van der Waals surface area contributed by atoms with E-state index in [9.17, 15) is 17.6 Å². The average Bonchev–Trinajstić information content (AvgIpc) is 2.73. The second kappa shape index (κ2) is 6.10. The zero-order chi connectivity index (χ0) is 15.6. The number of hydrazine groups is 1.